The number of para-hydroxylation sites is 1. The van der Waals surface area contributed by atoms with E-state index in [1.165, 1.54) is 6.07 Å². The molecule has 2 aromatic heterocycles. The number of amides is 1. The molecule has 5 rings (SSSR count). The number of piperazine rings is 1. The summed E-state index contributed by atoms with van der Waals surface area (Å²) in [7, 11) is 1.61. The van der Waals surface area contributed by atoms with E-state index in [0.29, 0.717) is 43.3 Å². The standard InChI is InChI=1S/C23H20FN3O3/c1-29-17-7-6-15-12-16-13-21(30-22(16)25-19(15)14-17)23(28)27-10-8-26(9-11-27)20-5-3-2-4-18(20)24/h2-7,12-14H,8-11H2,1H3. The smallest absolute Gasteiger partial charge is 0.289 e. The van der Waals surface area contributed by atoms with Crippen molar-refractivity contribution in [3.05, 3.63) is 66.2 Å². The first kappa shape index (κ1) is 18.4. The molecule has 0 aliphatic carbocycles. The van der Waals surface area contributed by atoms with Crippen LogP contribution in [0.1, 0.15) is 10.6 Å². The minimum Gasteiger partial charge on any atom is -0.497 e. The molecule has 0 saturated carbocycles. The molecular weight excluding hydrogens is 385 g/mol. The number of anilines is 1. The number of methoxy groups -OCH3 is 1. The van der Waals surface area contributed by atoms with Crippen LogP contribution in [0.15, 0.2) is 59.0 Å². The highest BCUT2D eigenvalue weighted by molar-refractivity contribution is 5.98. The number of hydrogen-bond acceptors (Lipinski definition) is 5. The third-order valence-electron chi connectivity index (χ3n) is 5.48. The van der Waals surface area contributed by atoms with E-state index in [4.69, 9.17) is 9.15 Å². The predicted molar refractivity (Wildman–Crippen MR) is 113 cm³/mol. The molecule has 2 aromatic carbocycles. The lowest BCUT2D eigenvalue weighted by Crippen LogP contribution is -2.49. The van der Waals surface area contributed by atoms with Crippen LogP contribution >= 0.6 is 0 Å². The molecule has 1 aliphatic rings. The molecular formula is C23H20FN3O3. The molecule has 3 heterocycles. The maximum atomic E-state index is 14.0. The van der Waals surface area contributed by atoms with E-state index in [2.05, 4.69) is 4.98 Å². The lowest BCUT2D eigenvalue weighted by molar-refractivity contribution is 0.0716. The SMILES string of the molecule is COc1ccc2cc3cc(C(=O)N4CCN(c5ccccc5F)CC4)oc3nc2c1. The molecule has 1 amide bonds. The topological polar surface area (TPSA) is 58.8 Å². The first-order valence-corrected chi connectivity index (χ1v) is 9.79. The van der Waals surface area contributed by atoms with E-state index >= 15 is 0 Å². The van der Waals surface area contributed by atoms with Crippen LogP contribution in [0.3, 0.4) is 0 Å². The van der Waals surface area contributed by atoms with Crippen LogP contribution in [0.5, 0.6) is 5.75 Å². The zero-order chi connectivity index (χ0) is 20.7. The Labute approximate surface area is 172 Å². The Morgan fingerprint density at radius 3 is 2.60 bits per heavy atom. The third-order valence-corrected chi connectivity index (χ3v) is 5.48. The number of ether oxygens (including phenoxy) is 1. The highest BCUT2D eigenvalue weighted by Crippen LogP contribution is 2.27. The second-order valence-corrected chi connectivity index (χ2v) is 7.28. The Hall–Kier alpha value is -3.61. The Morgan fingerprint density at radius 2 is 1.83 bits per heavy atom. The molecule has 0 spiro atoms. The fraction of sp³-hybridized carbons (Fsp3) is 0.217. The highest BCUT2D eigenvalue weighted by atomic mass is 19.1. The normalized spacial score (nSPS) is 14.5. The molecule has 1 saturated heterocycles. The van der Waals surface area contributed by atoms with Crippen molar-refractivity contribution in [2.24, 2.45) is 0 Å². The van der Waals surface area contributed by atoms with Crippen molar-refractivity contribution < 1.29 is 18.3 Å². The van der Waals surface area contributed by atoms with E-state index in [9.17, 15) is 9.18 Å². The summed E-state index contributed by atoms with van der Waals surface area (Å²) < 4.78 is 25.1. The number of aromatic nitrogens is 1. The molecule has 0 radical (unpaired) electrons. The first-order valence-electron chi connectivity index (χ1n) is 9.79. The maximum Gasteiger partial charge on any atom is 0.289 e. The Bertz CT molecular complexity index is 1250. The van der Waals surface area contributed by atoms with Gasteiger partial charge in [-0.3, -0.25) is 4.79 Å². The number of nitrogens with zero attached hydrogens (tertiary/aromatic N) is 3. The molecule has 152 valence electrons. The first-order chi connectivity index (χ1) is 14.6. The number of halogens is 1. The van der Waals surface area contributed by atoms with E-state index < -0.39 is 0 Å². The van der Waals surface area contributed by atoms with Gasteiger partial charge in [-0.05, 0) is 36.4 Å². The van der Waals surface area contributed by atoms with Crippen molar-refractivity contribution in [1.29, 1.82) is 0 Å². The number of carbonyl (C=O) groups excluding carboxylic acids is 1. The fourth-order valence-electron chi connectivity index (χ4n) is 3.85. The van der Waals surface area contributed by atoms with Crippen LogP contribution in [0.4, 0.5) is 10.1 Å². The fourth-order valence-corrected chi connectivity index (χ4v) is 3.85. The molecule has 6 nitrogen and oxygen atoms in total. The van der Waals surface area contributed by atoms with Crippen molar-refractivity contribution in [2.45, 2.75) is 0 Å². The van der Waals surface area contributed by atoms with Crippen LogP contribution in [-0.2, 0) is 0 Å². The van der Waals surface area contributed by atoms with E-state index in [0.717, 1.165) is 16.3 Å². The highest BCUT2D eigenvalue weighted by Gasteiger charge is 2.26. The van der Waals surface area contributed by atoms with Crippen LogP contribution in [-0.4, -0.2) is 49.1 Å². The average Bonchev–Trinajstić information content (AvgIpc) is 3.20. The van der Waals surface area contributed by atoms with Gasteiger partial charge in [0.05, 0.1) is 18.3 Å². The van der Waals surface area contributed by atoms with Gasteiger partial charge in [0, 0.05) is 43.0 Å². The number of hydrogen-bond donors (Lipinski definition) is 0. The van der Waals surface area contributed by atoms with Crippen molar-refractivity contribution in [2.75, 3.05) is 38.2 Å². The monoisotopic (exact) mass is 405 g/mol. The molecule has 1 aliphatic heterocycles. The van der Waals surface area contributed by atoms with E-state index in [1.807, 2.05) is 35.2 Å². The predicted octanol–water partition coefficient (Wildman–Crippen LogP) is 4.09. The Balaban J connectivity index is 1.36. The third kappa shape index (κ3) is 3.22. The molecule has 1 fully saturated rings. The lowest BCUT2D eigenvalue weighted by Gasteiger charge is -2.35. The molecule has 0 N–H and O–H groups in total. The van der Waals surface area contributed by atoms with Gasteiger partial charge in [-0.15, -0.1) is 0 Å². The molecule has 7 heteroatoms. The Kier molecular flexibility index (Phi) is 4.50. The van der Waals surface area contributed by atoms with Gasteiger partial charge >= 0.3 is 0 Å². The van der Waals surface area contributed by atoms with Gasteiger partial charge in [-0.2, -0.15) is 0 Å². The summed E-state index contributed by atoms with van der Waals surface area (Å²) in [5.41, 5.74) is 1.73. The second-order valence-electron chi connectivity index (χ2n) is 7.28. The van der Waals surface area contributed by atoms with Crippen LogP contribution in [0, 0.1) is 5.82 Å². The largest absolute Gasteiger partial charge is 0.497 e. The number of fused-ring (bicyclic) bond motifs is 2. The van der Waals surface area contributed by atoms with Gasteiger partial charge in [-0.25, -0.2) is 9.37 Å². The summed E-state index contributed by atoms with van der Waals surface area (Å²) in [6.07, 6.45) is 0. The van der Waals surface area contributed by atoms with E-state index in [1.54, 1.807) is 30.2 Å². The summed E-state index contributed by atoms with van der Waals surface area (Å²) in [6, 6.07) is 16.0. The number of benzene rings is 2. The lowest BCUT2D eigenvalue weighted by atomic mass is 10.2. The summed E-state index contributed by atoms with van der Waals surface area (Å²) >= 11 is 0. The van der Waals surface area contributed by atoms with Crippen molar-refractivity contribution in [3.8, 4) is 5.75 Å². The van der Waals surface area contributed by atoms with Gasteiger partial charge in [0.25, 0.3) is 5.91 Å². The minimum absolute atomic E-state index is 0.178. The van der Waals surface area contributed by atoms with E-state index in [-0.39, 0.29) is 17.5 Å². The quantitative estimate of drug-likeness (QED) is 0.514. The molecule has 4 aromatic rings. The van der Waals surface area contributed by atoms with Crippen LogP contribution in [0.2, 0.25) is 0 Å². The summed E-state index contributed by atoms with van der Waals surface area (Å²) in [5, 5.41) is 1.72. The summed E-state index contributed by atoms with van der Waals surface area (Å²) in [4.78, 5) is 21.2. The van der Waals surface area contributed by atoms with Crippen molar-refractivity contribution >= 4 is 33.6 Å². The summed E-state index contributed by atoms with van der Waals surface area (Å²) in [6.45, 7) is 2.12. The van der Waals surface area contributed by atoms with Gasteiger partial charge in [0.15, 0.2) is 5.76 Å². The zero-order valence-corrected chi connectivity index (χ0v) is 16.5. The number of carbonyl (C=O) groups is 1. The van der Waals surface area contributed by atoms with Gasteiger partial charge in [0.1, 0.15) is 11.6 Å². The second kappa shape index (κ2) is 7.33. The maximum absolute atomic E-state index is 14.0. The van der Waals surface area contributed by atoms with Gasteiger partial charge in [0.2, 0.25) is 5.71 Å². The number of furan rings is 1. The van der Waals surface area contributed by atoms with Gasteiger partial charge in [-0.1, -0.05) is 12.1 Å². The molecule has 0 bridgehead atoms. The molecule has 0 atom stereocenters. The van der Waals surface area contributed by atoms with Gasteiger partial charge < -0.3 is 19.0 Å². The molecule has 0 unspecified atom stereocenters. The number of rotatable bonds is 3. The average molecular weight is 405 g/mol. The van der Waals surface area contributed by atoms with Crippen LogP contribution in [0.25, 0.3) is 22.0 Å². The number of pyridine rings is 1. The molecule has 30 heavy (non-hydrogen) atoms. The van der Waals surface area contributed by atoms with Crippen molar-refractivity contribution in [1.82, 2.24) is 9.88 Å². The van der Waals surface area contributed by atoms with Crippen LogP contribution < -0.4 is 9.64 Å². The van der Waals surface area contributed by atoms with Crippen molar-refractivity contribution in [3.63, 3.8) is 0 Å². The Morgan fingerprint density at radius 1 is 1.03 bits per heavy atom. The zero-order valence-electron chi connectivity index (χ0n) is 16.5. The summed E-state index contributed by atoms with van der Waals surface area (Å²) in [5.74, 6) is 0.552. The minimum atomic E-state index is -0.246.